The molecule has 1 aromatic rings. The van der Waals surface area contributed by atoms with Gasteiger partial charge in [0.2, 0.25) is 0 Å². The number of piperidine rings is 1. The van der Waals surface area contributed by atoms with Crippen molar-refractivity contribution in [2.45, 2.75) is 44.2 Å². The molecule has 2 heterocycles. The lowest BCUT2D eigenvalue weighted by molar-refractivity contribution is -0.138. The summed E-state index contributed by atoms with van der Waals surface area (Å²) in [5, 5.41) is 0. The highest BCUT2D eigenvalue weighted by Gasteiger charge is 2.33. The standard InChI is InChI=1S/C17H22F3NO2/c18-17(19,20)16-4-2-1-3-13(16)11-21-8-5-14(6-9-21)23-15-7-10-22-12-15/h1-4,14-15H,5-12H2. The number of likely N-dealkylation sites (tertiary alicyclic amines) is 1. The number of halogens is 3. The molecule has 128 valence electrons. The summed E-state index contributed by atoms with van der Waals surface area (Å²) in [6.07, 6.45) is -1.22. The van der Waals surface area contributed by atoms with Gasteiger partial charge in [0.15, 0.2) is 0 Å². The van der Waals surface area contributed by atoms with E-state index in [-0.39, 0.29) is 12.2 Å². The molecule has 6 heteroatoms. The Morgan fingerprint density at radius 3 is 2.48 bits per heavy atom. The Morgan fingerprint density at radius 2 is 1.83 bits per heavy atom. The van der Waals surface area contributed by atoms with E-state index in [0.29, 0.717) is 18.7 Å². The molecule has 1 unspecified atom stereocenters. The van der Waals surface area contributed by atoms with Crippen LogP contribution in [0.2, 0.25) is 0 Å². The topological polar surface area (TPSA) is 21.7 Å². The van der Waals surface area contributed by atoms with Gasteiger partial charge in [-0.2, -0.15) is 13.2 Å². The highest BCUT2D eigenvalue weighted by atomic mass is 19.4. The van der Waals surface area contributed by atoms with Crippen molar-refractivity contribution >= 4 is 0 Å². The second-order valence-corrected chi connectivity index (χ2v) is 6.25. The number of hydrogen-bond donors (Lipinski definition) is 0. The predicted molar refractivity (Wildman–Crippen MR) is 80.1 cm³/mol. The van der Waals surface area contributed by atoms with E-state index in [2.05, 4.69) is 4.90 Å². The first-order chi connectivity index (χ1) is 11.0. The fourth-order valence-electron chi connectivity index (χ4n) is 3.27. The lowest BCUT2D eigenvalue weighted by Crippen LogP contribution is -2.38. The number of alkyl halides is 3. The van der Waals surface area contributed by atoms with Crippen LogP contribution in [0.1, 0.15) is 30.4 Å². The second kappa shape index (κ2) is 7.20. The maximum Gasteiger partial charge on any atom is 0.416 e. The van der Waals surface area contributed by atoms with E-state index in [9.17, 15) is 13.2 Å². The van der Waals surface area contributed by atoms with E-state index in [1.807, 2.05) is 0 Å². The van der Waals surface area contributed by atoms with Crippen LogP contribution in [0.15, 0.2) is 24.3 Å². The monoisotopic (exact) mass is 329 g/mol. The lowest BCUT2D eigenvalue weighted by atomic mass is 10.0. The molecule has 2 saturated heterocycles. The summed E-state index contributed by atoms with van der Waals surface area (Å²) in [6.45, 7) is 3.31. The number of rotatable bonds is 4. The van der Waals surface area contributed by atoms with Crippen molar-refractivity contribution in [1.29, 1.82) is 0 Å². The van der Waals surface area contributed by atoms with Crippen molar-refractivity contribution < 1.29 is 22.6 Å². The molecule has 2 fully saturated rings. The van der Waals surface area contributed by atoms with Gasteiger partial charge in [0, 0.05) is 26.2 Å². The van der Waals surface area contributed by atoms with Gasteiger partial charge in [-0.1, -0.05) is 18.2 Å². The molecule has 0 bridgehead atoms. The van der Waals surface area contributed by atoms with Gasteiger partial charge in [0.1, 0.15) is 0 Å². The van der Waals surface area contributed by atoms with E-state index in [1.54, 1.807) is 12.1 Å². The van der Waals surface area contributed by atoms with Crippen LogP contribution in [0.25, 0.3) is 0 Å². The summed E-state index contributed by atoms with van der Waals surface area (Å²) in [6, 6.07) is 5.84. The van der Waals surface area contributed by atoms with Crippen LogP contribution >= 0.6 is 0 Å². The normalized spacial score (nSPS) is 24.2. The molecule has 0 saturated carbocycles. The molecule has 0 spiro atoms. The van der Waals surface area contributed by atoms with Crippen LogP contribution in [0.4, 0.5) is 13.2 Å². The molecule has 0 N–H and O–H groups in total. The average Bonchev–Trinajstić information content (AvgIpc) is 3.02. The van der Waals surface area contributed by atoms with Gasteiger partial charge in [-0.25, -0.2) is 0 Å². The lowest BCUT2D eigenvalue weighted by Gasteiger charge is -2.33. The first-order valence-electron chi connectivity index (χ1n) is 8.13. The highest BCUT2D eigenvalue weighted by Crippen LogP contribution is 2.32. The Balaban J connectivity index is 1.53. The Kier molecular flexibility index (Phi) is 5.24. The van der Waals surface area contributed by atoms with E-state index in [1.165, 1.54) is 6.07 Å². The minimum absolute atomic E-state index is 0.192. The fourth-order valence-corrected chi connectivity index (χ4v) is 3.27. The smallest absolute Gasteiger partial charge is 0.379 e. The van der Waals surface area contributed by atoms with E-state index in [0.717, 1.165) is 45.0 Å². The molecule has 3 rings (SSSR count). The molecule has 2 aliphatic heterocycles. The van der Waals surface area contributed by atoms with Crippen molar-refractivity contribution in [1.82, 2.24) is 4.90 Å². The summed E-state index contributed by atoms with van der Waals surface area (Å²) >= 11 is 0. The zero-order valence-electron chi connectivity index (χ0n) is 13.0. The summed E-state index contributed by atoms with van der Waals surface area (Å²) < 4.78 is 50.4. The van der Waals surface area contributed by atoms with E-state index >= 15 is 0 Å². The summed E-state index contributed by atoms with van der Waals surface area (Å²) in [7, 11) is 0. The van der Waals surface area contributed by atoms with Gasteiger partial charge < -0.3 is 9.47 Å². The molecule has 2 aliphatic rings. The third-order valence-corrected chi connectivity index (χ3v) is 4.52. The third kappa shape index (κ3) is 4.46. The first kappa shape index (κ1) is 16.7. The van der Waals surface area contributed by atoms with Crippen molar-refractivity contribution in [3.63, 3.8) is 0 Å². The SMILES string of the molecule is FC(F)(F)c1ccccc1CN1CCC(OC2CCOC2)CC1. The molecule has 0 radical (unpaired) electrons. The Bertz CT molecular complexity index is 507. The van der Waals surface area contributed by atoms with Gasteiger partial charge >= 0.3 is 6.18 Å². The molecule has 1 atom stereocenters. The number of ether oxygens (including phenoxy) is 2. The van der Waals surface area contributed by atoms with Crippen LogP contribution in [0.3, 0.4) is 0 Å². The average molecular weight is 329 g/mol. The van der Waals surface area contributed by atoms with Crippen LogP contribution in [0, 0.1) is 0 Å². The summed E-state index contributed by atoms with van der Waals surface area (Å²) in [5.41, 5.74) is -0.176. The number of benzene rings is 1. The minimum atomic E-state index is -4.29. The van der Waals surface area contributed by atoms with Crippen LogP contribution in [-0.2, 0) is 22.2 Å². The van der Waals surface area contributed by atoms with Crippen molar-refractivity contribution in [2.24, 2.45) is 0 Å². The predicted octanol–water partition coefficient (Wildman–Crippen LogP) is 3.48. The number of hydrogen-bond acceptors (Lipinski definition) is 3. The molecule has 0 aliphatic carbocycles. The number of nitrogens with zero attached hydrogens (tertiary/aromatic N) is 1. The largest absolute Gasteiger partial charge is 0.416 e. The molecular weight excluding hydrogens is 307 g/mol. The Labute approximate surface area is 134 Å². The Morgan fingerprint density at radius 1 is 1.09 bits per heavy atom. The van der Waals surface area contributed by atoms with Gasteiger partial charge in [-0.15, -0.1) is 0 Å². The van der Waals surface area contributed by atoms with Crippen LogP contribution in [0.5, 0.6) is 0 Å². The van der Waals surface area contributed by atoms with Crippen molar-refractivity contribution in [2.75, 3.05) is 26.3 Å². The Hall–Kier alpha value is -1.11. The minimum Gasteiger partial charge on any atom is -0.379 e. The molecule has 0 aromatic heterocycles. The van der Waals surface area contributed by atoms with Gasteiger partial charge in [-0.05, 0) is 30.9 Å². The maximum atomic E-state index is 13.0. The second-order valence-electron chi connectivity index (χ2n) is 6.25. The molecule has 3 nitrogen and oxygen atoms in total. The van der Waals surface area contributed by atoms with E-state index in [4.69, 9.17) is 9.47 Å². The zero-order chi connectivity index (χ0) is 16.3. The van der Waals surface area contributed by atoms with E-state index < -0.39 is 11.7 Å². The first-order valence-corrected chi connectivity index (χ1v) is 8.13. The van der Waals surface area contributed by atoms with Crippen molar-refractivity contribution in [3.8, 4) is 0 Å². The maximum absolute atomic E-state index is 13.0. The van der Waals surface area contributed by atoms with Crippen LogP contribution < -0.4 is 0 Å². The highest BCUT2D eigenvalue weighted by molar-refractivity contribution is 5.29. The summed E-state index contributed by atoms with van der Waals surface area (Å²) in [5.74, 6) is 0. The van der Waals surface area contributed by atoms with Gasteiger partial charge in [-0.3, -0.25) is 4.90 Å². The molecule has 1 aromatic carbocycles. The molecular formula is C17H22F3NO2. The zero-order valence-corrected chi connectivity index (χ0v) is 13.0. The summed E-state index contributed by atoms with van der Waals surface area (Å²) in [4.78, 5) is 2.08. The van der Waals surface area contributed by atoms with Crippen LogP contribution in [-0.4, -0.2) is 43.4 Å². The third-order valence-electron chi connectivity index (χ3n) is 4.52. The fraction of sp³-hybridized carbons (Fsp3) is 0.647. The molecule has 23 heavy (non-hydrogen) atoms. The van der Waals surface area contributed by atoms with Gasteiger partial charge in [0.05, 0.1) is 24.4 Å². The molecule has 0 amide bonds. The van der Waals surface area contributed by atoms with Crippen molar-refractivity contribution in [3.05, 3.63) is 35.4 Å². The quantitative estimate of drug-likeness (QED) is 0.844. The van der Waals surface area contributed by atoms with Gasteiger partial charge in [0.25, 0.3) is 0 Å².